The van der Waals surface area contributed by atoms with Crippen LogP contribution in [0.25, 0.3) is 21.7 Å². The van der Waals surface area contributed by atoms with E-state index in [1.54, 1.807) is 6.20 Å². The molecular formula is C14H10N2O. The molecule has 3 heteroatoms. The third kappa shape index (κ3) is 1.52. The molecule has 0 amide bonds. The zero-order valence-electron chi connectivity index (χ0n) is 9.04. The SMILES string of the molecule is ON=c1c2ccccc2ccc2ncccc12. The highest BCUT2D eigenvalue weighted by atomic mass is 16.4. The van der Waals surface area contributed by atoms with Crippen LogP contribution in [0, 0.1) is 0 Å². The molecule has 0 atom stereocenters. The molecule has 0 saturated carbocycles. The first-order valence-corrected chi connectivity index (χ1v) is 5.35. The van der Waals surface area contributed by atoms with Crippen LogP contribution in [0.5, 0.6) is 0 Å². The van der Waals surface area contributed by atoms with Crippen LogP contribution in [0.1, 0.15) is 0 Å². The van der Waals surface area contributed by atoms with Crippen molar-refractivity contribution in [1.82, 2.24) is 4.98 Å². The van der Waals surface area contributed by atoms with Gasteiger partial charge in [-0.1, -0.05) is 35.5 Å². The summed E-state index contributed by atoms with van der Waals surface area (Å²) in [6.07, 6.45) is 1.73. The first-order valence-electron chi connectivity index (χ1n) is 5.35. The lowest BCUT2D eigenvalue weighted by Crippen LogP contribution is -2.01. The number of pyridine rings is 1. The van der Waals surface area contributed by atoms with E-state index in [0.717, 1.165) is 21.7 Å². The molecule has 1 heterocycles. The predicted octanol–water partition coefficient (Wildman–Crippen LogP) is 2.68. The lowest BCUT2D eigenvalue weighted by atomic mass is 10.1. The van der Waals surface area contributed by atoms with Gasteiger partial charge >= 0.3 is 0 Å². The maximum Gasteiger partial charge on any atom is 0.119 e. The van der Waals surface area contributed by atoms with Crippen molar-refractivity contribution in [1.29, 1.82) is 0 Å². The molecule has 0 radical (unpaired) electrons. The molecule has 0 aliphatic heterocycles. The van der Waals surface area contributed by atoms with Crippen LogP contribution >= 0.6 is 0 Å². The van der Waals surface area contributed by atoms with Gasteiger partial charge in [0.1, 0.15) is 5.36 Å². The third-order valence-corrected chi connectivity index (χ3v) is 2.83. The van der Waals surface area contributed by atoms with Crippen LogP contribution in [-0.2, 0) is 0 Å². The normalized spacial score (nSPS) is 12.1. The number of fused-ring (bicyclic) bond motifs is 2. The van der Waals surface area contributed by atoms with E-state index in [9.17, 15) is 5.21 Å². The van der Waals surface area contributed by atoms with Gasteiger partial charge in [0.05, 0.1) is 5.52 Å². The maximum absolute atomic E-state index is 9.24. The van der Waals surface area contributed by atoms with E-state index in [2.05, 4.69) is 10.1 Å². The standard InChI is InChI=1S/C14H10N2O/c17-16-14-11-5-2-1-4-10(11)7-8-13-12(14)6-3-9-15-13/h1-9,17H. The number of benzene rings is 1. The van der Waals surface area contributed by atoms with Gasteiger partial charge in [0.2, 0.25) is 0 Å². The number of aromatic nitrogens is 1. The van der Waals surface area contributed by atoms with Crippen LogP contribution in [0.15, 0.2) is 59.9 Å². The Morgan fingerprint density at radius 3 is 2.59 bits per heavy atom. The highest BCUT2D eigenvalue weighted by molar-refractivity contribution is 5.91. The Bertz CT molecular complexity index is 704. The fraction of sp³-hybridized carbons (Fsp3) is 0. The van der Waals surface area contributed by atoms with E-state index in [-0.39, 0.29) is 0 Å². The van der Waals surface area contributed by atoms with E-state index in [0.29, 0.717) is 5.36 Å². The summed E-state index contributed by atoms with van der Waals surface area (Å²) in [6, 6.07) is 15.5. The molecular weight excluding hydrogens is 212 g/mol. The van der Waals surface area contributed by atoms with Gasteiger partial charge in [-0.15, -0.1) is 0 Å². The zero-order chi connectivity index (χ0) is 11.7. The van der Waals surface area contributed by atoms with Crippen molar-refractivity contribution in [2.45, 2.75) is 0 Å². The summed E-state index contributed by atoms with van der Waals surface area (Å²) in [5, 5.41) is 16.0. The average molecular weight is 222 g/mol. The molecule has 0 aliphatic rings. The van der Waals surface area contributed by atoms with E-state index >= 15 is 0 Å². The molecule has 0 spiro atoms. The summed E-state index contributed by atoms with van der Waals surface area (Å²) in [6.45, 7) is 0. The number of nitrogens with zero attached hydrogens (tertiary/aromatic N) is 2. The first kappa shape index (κ1) is 9.78. The fourth-order valence-electron chi connectivity index (χ4n) is 2.03. The molecule has 1 aromatic heterocycles. The van der Waals surface area contributed by atoms with Crippen LogP contribution in [0.3, 0.4) is 0 Å². The van der Waals surface area contributed by atoms with E-state index in [1.807, 2.05) is 48.5 Å². The molecule has 17 heavy (non-hydrogen) atoms. The van der Waals surface area contributed by atoms with Gasteiger partial charge in [0.15, 0.2) is 0 Å². The summed E-state index contributed by atoms with van der Waals surface area (Å²) in [7, 11) is 0. The lowest BCUT2D eigenvalue weighted by molar-refractivity contribution is 0.304. The number of rotatable bonds is 0. The second-order valence-electron chi connectivity index (χ2n) is 3.81. The monoisotopic (exact) mass is 222 g/mol. The number of hydrogen-bond donors (Lipinski definition) is 1. The van der Waals surface area contributed by atoms with Crippen molar-refractivity contribution in [3.63, 3.8) is 0 Å². The molecule has 0 bridgehead atoms. The summed E-state index contributed by atoms with van der Waals surface area (Å²) in [5.41, 5.74) is 0.816. The van der Waals surface area contributed by atoms with Crippen molar-refractivity contribution in [2.75, 3.05) is 0 Å². The molecule has 1 N–H and O–H groups in total. The van der Waals surface area contributed by atoms with Crippen LogP contribution in [-0.4, -0.2) is 10.2 Å². The second-order valence-corrected chi connectivity index (χ2v) is 3.81. The largest absolute Gasteiger partial charge is 0.410 e. The summed E-state index contributed by atoms with van der Waals surface area (Å²) in [4.78, 5) is 4.28. The molecule has 0 unspecified atom stereocenters. The summed E-state index contributed by atoms with van der Waals surface area (Å²) < 4.78 is 0. The fourth-order valence-corrected chi connectivity index (χ4v) is 2.03. The Kier molecular flexibility index (Phi) is 2.22. The quantitative estimate of drug-likeness (QED) is 0.469. The first-order chi connectivity index (χ1) is 8.40. The molecule has 2 aromatic carbocycles. The van der Waals surface area contributed by atoms with Gasteiger partial charge in [0, 0.05) is 17.0 Å². The van der Waals surface area contributed by atoms with E-state index in [1.165, 1.54) is 0 Å². The van der Waals surface area contributed by atoms with E-state index < -0.39 is 0 Å². The highest BCUT2D eigenvalue weighted by Gasteiger charge is 2.00. The van der Waals surface area contributed by atoms with Gasteiger partial charge in [0.25, 0.3) is 0 Å². The van der Waals surface area contributed by atoms with Crippen molar-refractivity contribution in [3.8, 4) is 0 Å². The third-order valence-electron chi connectivity index (χ3n) is 2.83. The molecule has 0 saturated heterocycles. The van der Waals surface area contributed by atoms with Crippen molar-refractivity contribution < 1.29 is 5.21 Å². The summed E-state index contributed by atoms with van der Waals surface area (Å²) >= 11 is 0. The Labute approximate surface area is 97.7 Å². The Balaban J connectivity index is 2.71. The Morgan fingerprint density at radius 2 is 1.71 bits per heavy atom. The van der Waals surface area contributed by atoms with Crippen LogP contribution in [0.2, 0.25) is 0 Å². The van der Waals surface area contributed by atoms with Gasteiger partial charge < -0.3 is 5.21 Å². The van der Waals surface area contributed by atoms with E-state index in [4.69, 9.17) is 0 Å². The molecule has 3 nitrogen and oxygen atoms in total. The average Bonchev–Trinajstić information content (AvgIpc) is 2.55. The molecule has 3 rings (SSSR count). The predicted molar refractivity (Wildman–Crippen MR) is 66.6 cm³/mol. The summed E-state index contributed by atoms with van der Waals surface area (Å²) in [5.74, 6) is 0. The van der Waals surface area contributed by atoms with Crippen molar-refractivity contribution in [2.24, 2.45) is 5.16 Å². The van der Waals surface area contributed by atoms with Crippen molar-refractivity contribution in [3.05, 3.63) is 60.1 Å². The van der Waals surface area contributed by atoms with Crippen LogP contribution in [0.4, 0.5) is 0 Å². The molecule has 0 aliphatic carbocycles. The maximum atomic E-state index is 9.24. The Morgan fingerprint density at radius 1 is 0.882 bits per heavy atom. The smallest absolute Gasteiger partial charge is 0.119 e. The van der Waals surface area contributed by atoms with Gasteiger partial charge in [-0.25, -0.2) is 0 Å². The minimum Gasteiger partial charge on any atom is -0.410 e. The lowest BCUT2D eigenvalue weighted by Gasteiger charge is -1.92. The number of hydrogen-bond acceptors (Lipinski definition) is 3. The minimum atomic E-state index is 0.564. The van der Waals surface area contributed by atoms with Crippen molar-refractivity contribution >= 4 is 21.7 Å². The Hall–Kier alpha value is -2.42. The topological polar surface area (TPSA) is 45.5 Å². The zero-order valence-corrected chi connectivity index (χ0v) is 9.04. The van der Waals surface area contributed by atoms with Gasteiger partial charge in [-0.2, -0.15) is 0 Å². The molecule has 3 aromatic rings. The molecule has 0 fully saturated rings. The minimum absolute atomic E-state index is 0.564. The second kappa shape index (κ2) is 3.87. The van der Waals surface area contributed by atoms with Crippen LogP contribution < -0.4 is 5.36 Å². The van der Waals surface area contributed by atoms with Gasteiger partial charge in [-0.05, 0) is 23.6 Å². The highest BCUT2D eigenvalue weighted by Crippen LogP contribution is 2.13. The van der Waals surface area contributed by atoms with Gasteiger partial charge in [-0.3, -0.25) is 4.98 Å². The molecule has 82 valence electrons.